The summed E-state index contributed by atoms with van der Waals surface area (Å²) in [5, 5.41) is 5.17. The van der Waals surface area contributed by atoms with Crippen LogP contribution in [0.2, 0.25) is 0 Å². The number of amides is 1. The van der Waals surface area contributed by atoms with E-state index in [1.807, 2.05) is 0 Å². The summed E-state index contributed by atoms with van der Waals surface area (Å²) in [5.41, 5.74) is 8.41. The van der Waals surface area contributed by atoms with Gasteiger partial charge in [0.2, 0.25) is 5.17 Å². The smallest absolute Gasteiger partial charge is 0.271 e. The van der Waals surface area contributed by atoms with Gasteiger partial charge < -0.3 is 5.84 Å². The van der Waals surface area contributed by atoms with Crippen molar-refractivity contribution in [2.75, 3.05) is 19.6 Å². The molecule has 0 saturated heterocycles. The summed E-state index contributed by atoms with van der Waals surface area (Å²) in [7, 11) is 3.09. The molecule has 0 aliphatic heterocycles. The van der Waals surface area contributed by atoms with Crippen molar-refractivity contribution in [2.45, 2.75) is 36.5 Å². The van der Waals surface area contributed by atoms with E-state index in [4.69, 9.17) is 16.5 Å². The van der Waals surface area contributed by atoms with Gasteiger partial charge in [-0.1, -0.05) is 12.8 Å². The number of rotatable bonds is 7. The van der Waals surface area contributed by atoms with E-state index >= 15 is 0 Å². The number of pyridine rings is 1. The Hall–Kier alpha value is -2.93. The maximum atomic E-state index is 14.6. The molecule has 1 heterocycles. The predicted octanol–water partition coefficient (Wildman–Crippen LogP) is 1.52. The zero-order valence-electron chi connectivity index (χ0n) is 18.0. The Balaban J connectivity index is 1.76. The van der Waals surface area contributed by atoms with E-state index in [1.54, 1.807) is 31.4 Å². The Bertz CT molecular complexity index is 982. The van der Waals surface area contributed by atoms with Crippen LogP contribution < -0.4 is 28.0 Å². The number of halogens is 1. The van der Waals surface area contributed by atoms with Crippen LogP contribution in [0, 0.1) is 5.82 Å². The van der Waals surface area contributed by atoms with Crippen molar-refractivity contribution in [1.82, 2.24) is 15.4 Å². The van der Waals surface area contributed by atoms with E-state index in [9.17, 15) is 9.18 Å². The first-order chi connectivity index (χ1) is 15.4. The molecule has 0 unspecified atom stereocenters. The van der Waals surface area contributed by atoms with Crippen LogP contribution in [0.4, 0.5) is 15.9 Å². The highest BCUT2D eigenvalue weighted by molar-refractivity contribution is 8.13. The highest BCUT2D eigenvalue weighted by Crippen LogP contribution is 2.34. The third kappa shape index (κ3) is 5.85. The summed E-state index contributed by atoms with van der Waals surface area (Å²) in [6.07, 6.45) is 6.06. The first kappa shape index (κ1) is 23.7. The van der Waals surface area contributed by atoms with E-state index in [-0.39, 0.29) is 5.82 Å². The number of carbonyl (C=O) groups excluding carboxylic acids is 1. The number of nitrogens with one attached hydrogen (secondary N) is 2. The second-order valence-electron chi connectivity index (χ2n) is 7.39. The molecule has 32 heavy (non-hydrogen) atoms. The Labute approximate surface area is 189 Å². The van der Waals surface area contributed by atoms with Crippen LogP contribution in [-0.4, -0.2) is 35.2 Å². The lowest BCUT2D eigenvalue weighted by Gasteiger charge is -2.16. The van der Waals surface area contributed by atoms with Crippen molar-refractivity contribution in [3.8, 4) is 0 Å². The van der Waals surface area contributed by atoms with Crippen LogP contribution in [0.1, 0.15) is 47.5 Å². The van der Waals surface area contributed by atoms with Crippen molar-refractivity contribution < 1.29 is 19.5 Å². The van der Waals surface area contributed by atoms with Crippen LogP contribution in [0.3, 0.4) is 0 Å². The van der Waals surface area contributed by atoms with Crippen molar-refractivity contribution in [2.24, 2.45) is 16.8 Å². The third-order valence-corrected chi connectivity index (χ3v) is 6.25. The van der Waals surface area contributed by atoms with Crippen molar-refractivity contribution in [3.05, 3.63) is 47.4 Å². The summed E-state index contributed by atoms with van der Waals surface area (Å²) in [6.45, 7) is 0. The van der Waals surface area contributed by atoms with Gasteiger partial charge in [-0.05, 0) is 48.2 Å². The Kier molecular flexibility index (Phi) is 8.22. The first-order valence-corrected chi connectivity index (χ1v) is 10.9. The molecular weight excluding hydrogens is 435 g/mol. The number of carbonyl (C=O) groups is 1. The maximum absolute atomic E-state index is 14.6. The number of nitrogens with zero attached hydrogens (tertiary/aromatic N) is 3. The number of benzene rings is 1. The molecule has 1 aliphatic carbocycles. The molecule has 0 bridgehead atoms. The highest BCUT2D eigenvalue weighted by Gasteiger charge is 2.20. The number of thioether (sulfide) groups is 1. The predicted molar refractivity (Wildman–Crippen MR) is 121 cm³/mol. The molecular formula is C20H28FN8O2S+. The molecule has 0 radical (unpaired) electrons. The molecule has 1 aromatic carbocycles. The normalized spacial score (nSPS) is 14.4. The van der Waals surface area contributed by atoms with Gasteiger partial charge in [-0.2, -0.15) is 10.6 Å². The minimum Gasteiger partial charge on any atom is -0.321 e. The van der Waals surface area contributed by atoms with Gasteiger partial charge in [0, 0.05) is 30.3 Å². The van der Waals surface area contributed by atoms with Crippen molar-refractivity contribution in [3.63, 3.8) is 0 Å². The summed E-state index contributed by atoms with van der Waals surface area (Å²) in [5.74, 6) is 10.4. The molecule has 10 nitrogen and oxygen atoms in total. The number of hydrazone groups is 1. The van der Waals surface area contributed by atoms with Gasteiger partial charge in [0.25, 0.3) is 5.91 Å². The molecule has 1 amide bonds. The number of amidine groups is 1. The minimum absolute atomic E-state index is 0.0557. The lowest BCUT2D eigenvalue weighted by atomic mass is 10.00. The number of anilines is 1. The fourth-order valence-corrected chi connectivity index (χ4v) is 4.31. The molecule has 2 aromatic rings. The second kappa shape index (κ2) is 11.1. The third-order valence-electron chi connectivity index (χ3n) is 5.10. The number of hydrogen-bond donors (Lipinski definition) is 5. The standard InChI is InChI=1S/C20H27FN8O2S/c1-29(23)20(25-22)32-17-8-7-14(28-31-2)10-15(17)19(30)27-26-18-16(21)9-13(11-24-18)12-5-3-4-6-12/h7-12,28H,3-6,22-23H2,1-2H3,(H,24,26)(H,27,30)/p+1/b25-20+. The van der Waals surface area contributed by atoms with Gasteiger partial charge in [-0.25, -0.2) is 20.1 Å². The summed E-state index contributed by atoms with van der Waals surface area (Å²) in [6, 6.07) is 6.59. The number of aromatic nitrogens is 1. The fourth-order valence-electron chi connectivity index (χ4n) is 3.52. The number of nitrogens with two attached hydrogens (primary N) is 3. The molecule has 1 fully saturated rings. The maximum Gasteiger partial charge on any atom is 0.271 e. The molecule has 12 heteroatoms. The van der Waals surface area contributed by atoms with E-state index in [0.717, 1.165) is 43.0 Å². The zero-order chi connectivity index (χ0) is 23.1. The lowest BCUT2D eigenvalue weighted by Crippen LogP contribution is -2.76. The monoisotopic (exact) mass is 463 g/mol. The number of hydrazine groups is 2. The summed E-state index contributed by atoms with van der Waals surface area (Å²) >= 11 is 1.11. The minimum atomic E-state index is -0.520. The lowest BCUT2D eigenvalue weighted by molar-refractivity contribution is -0.830. The molecule has 1 aliphatic rings. The largest absolute Gasteiger partial charge is 0.321 e. The van der Waals surface area contributed by atoms with Crippen LogP contribution >= 0.6 is 11.8 Å². The van der Waals surface area contributed by atoms with Crippen LogP contribution in [0.5, 0.6) is 0 Å². The molecule has 172 valence electrons. The molecule has 1 aromatic heterocycles. The van der Waals surface area contributed by atoms with Gasteiger partial charge in [0.1, 0.15) is 0 Å². The van der Waals surface area contributed by atoms with Gasteiger partial charge in [0.15, 0.2) is 17.3 Å². The SMILES string of the molecule is CO[NH2+]c1ccc(S/C(=N/N)N(C)N)c(C(=O)NNc2ncc(C3CCCC3)cc2F)c1. The van der Waals surface area contributed by atoms with E-state index in [0.29, 0.717) is 27.2 Å². The average Bonchev–Trinajstić information content (AvgIpc) is 3.32. The van der Waals surface area contributed by atoms with Crippen molar-refractivity contribution >= 4 is 34.3 Å². The molecule has 1 saturated carbocycles. The van der Waals surface area contributed by atoms with E-state index in [1.165, 1.54) is 23.7 Å². The van der Waals surface area contributed by atoms with E-state index < -0.39 is 11.7 Å². The Morgan fingerprint density at radius 2 is 2.12 bits per heavy atom. The van der Waals surface area contributed by atoms with Crippen LogP contribution in [-0.2, 0) is 4.84 Å². The van der Waals surface area contributed by atoms with E-state index in [2.05, 4.69) is 20.9 Å². The topological polar surface area (TPSA) is 148 Å². The molecule has 0 spiro atoms. The second-order valence-corrected chi connectivity index (χ2v) is 8.40. The highest BCUT2D eigenvalue weighted by atomic mass is 32.2. The molecule has 3 rings (SSSR count). The molecule has 0 atom stereocenters. The van der Waals surface area contributed by atoms with Gasteiger partial charge >= 0.3 is 0 Å². The first-order valence-electron chi connectivity index (χ1n) is 10.1. The van der Waals surface area contributed by atoms with Crippen LogP contribution in [0.25, 0.3) is 0 Å². The average molecular weight is 464 g/mol. The molecule has 8 N–H and O–H groups in total. The van der Waals surface area contributed by atoms with Crippen molar-refractivity contribution in [1.29, 1.82) is 0 Å². The summed E-state index contributed by atoms with van der Waals surface area (Å²) in [4.78, 5) is 22.6. The van der Waals surface area contributed by atoms with Gasteiger partial charge in [-0.15, -0.1) is 0 Å². The fraction of sp³-hybridized carbons (Fsp3) is 0.350. The van der Waals surface area contributed by atoms with Gasteiger partial charge in [0.05, 0.1) is 12.7 Å². The quantitative estimate of drug-likeness (QED) is 0.104. The number of hydrogen-bond acceptors (Lipinski definition) is 8. The van der Waals surface area contributed by atoms with Crippen LogP contribution in [0.15, 0.2) is 40.5 Å². The Morgan fingerprint density at radius 1 is 1.38 bits per heavy atom. The zero-order valence-corrected chi connectivity index (χ0v) is 18.8. The Morgan fingerprint density at radius 3 is 2.75 bits per heavy atom. The van der Waals surface area contributed by atoms with Gasteiger partial charge in [-0.3, -0.25) is 20.7 Å². The number of quaternary nitrogens is 1. The summed E-state index contributed by atoms with van der Waals surface area (Å²) < 4.78 is 14.6.